The van der Waals surface area contributed by atoms with E-state index in [1.165, 1.54) is 6.20 Å². The molecule has 0 radical (unpaired) electrons. The maximum absolute atomic E-state index is 11.7. The van der Waals surface area contributed by atoms with Crippen molar-refractivity contribution in [2.24, 2.45) is 11.8 Å². The number of carbonyl (C=O) groups is 2. The minimum atomic E-state index is -1.04. The Morgan fingerprint density at radius 3 is 2.64 bits per heavy atom. The number of benzene rings is 1. The second-order valence-corrected chi connectivity index (χ2v) is 8.71. The number of ether oxygens (including phenoxy) is 2. The molecule has 1 atom stereocenters. The van der Waals surface area contributed by atoms with Crippen molar-refractivity contribution in [3.05, 3.63) is 47.8 Å². The summed E-state index contributed by atoms with van der Waals surface area (Å²) in [5.74, 6) is 0.792. The third-order valence-electron chi connectivity index (χ3n) is 6.44. The van der Waals surface area contributed by atoms with Crippen LogP contribution in [-0.4, -0.2) is 59.8 Å². The Hall–Kier alpha value is -2.93. The maximum Gasteiger partial charge on any atom is 0.355 e. The first-order valence-corrected chi connectivity index (χ1v) is 11.7. The first-order valence-electron chi connectivity index (χ1n) is 11.7. The second-order valence-electron chi connectivity index (χ2n) is 8.71. The van der Waals surface area contributed by atoms with Gasteiger partial charge in [-0.05, 0) is 87.4 Å². The summed E-state index contributed by atoms with van der Waals surface area (Å²) in [6.07, 6.45) is 4.64. The molecule has 178 valence electrons. The number of aromatic carboxylic acids is 1. The van der Waals surface area contributed by atoms with Gasteiger partial charge < -0.3 is 14.6 Å². The molecule has 1 fully saturated rings. The molecule has 3 rings (SSSR count). The number of piperidine rings is 1. The third-order valence-corrected chi connectivity index (χ3v) is 6.44. The zero-order chi connectivity index (χ0) is 23.8. The van der Waals surface area contributed by atoms with E-state index in [9.17, 15) is 14.7 Å². The van der Waals surface area contributed by atoms with E-state index >= 15 is 0 Å². The SMILES string of the molecule is CCOC(=O)CN1CCC([C@@H](C)CCOc2ccc(-c3cccnc3C(=O)O)c(C)c2)CC1. The van der Waals surface area contributed by atoms with Gasteiger partial charge in [0.15, 0.2) is 5.69 Å². The summed E-state index contributed by atoms with van der Waals surface area (Å²) in [5, 5.41) is 9.41. The Labute approximate surface area is 195 Å². The van der Waals surface area contributed by atoms with E-state index in [0.717, 1.165) is 49.2 Å². The smallest absolute Gasteiger partial charge is 0.355 e. The van der Waals surface area contributed by atoms with E-state index in [4.69, 9.17) is 9.47 Å². The van der Waals surface area contributed by atoms with Gasteiger partial charge in [0, 0.05) is 11.8 Å². The molecule has 0 saturated carbocycles. The van der Waals surface area contributed by atoms with Gasteiger partial charge in [0.25, 0.3) is 0 Å². The van der Waals surface area contributed by atoms with E-state index in [2.05, 4.69) is 16.8 Å². The van der Waals surface area contributed by atoms with Crippen LogP contribution in [0.25, 0.3) is 11.1 Å². The van der Waals surface area contributed by atoms with Crippen LogP contribution in [0.15, 0.2) is 36.5 Å². The molecule has 0 aliphatic carbocycles. The summed E-state index contributed by atoms with van der Waals surface area (Å²) in [6.45, 7) is 9.38. The van der Waals surface area contributed by atoms with E-state index in [0.29, 0.717) is 37.2 Å². The van der Waals surface area contributed by atoms with E-state index < -0.39 is 5.97 Å². The van der Waals surface area contributed by atoms with Crippen molar-refractivity contribution in [3.8, 4) is 16.9 Å². The molecule has 33 heavy (non-hydrogen) atoms. The molecule has 1 N–H and O–H groups in total. The van der Waals surface area contributed by atoms with Crippen LogP contribution >= 0.6 is 0 Å². The van der Waals surface area contributed by atoms with Crippen LogP contribution in [0.2, 0.25) is 0 Å². The lowest BCUT2D eigenvalue weighted by Crippen LogP contribution is -2.39. The lowest BCUT2D eigenvalue weighted by molar-refractivity contribution is -0.144. The molecule has 2 heterocycles. The van der Waals surface area contributed by atoms with E-state index in [-0.39, 0.29) is 11.7 Å². The summed E-state index contributed by atoms with van der Waals surface area (Å²) >= 11 is 0. The van der Waals surface area contributed by atoms with Crippen LogP contribution in [0.5, 0.6) is 5.75 Å². The molecule has 0 spiro atoms. The Morgan fingerprint density at radius 2 is 1.97 bits per heavy atom. The highest BCUT2D eigenvalue weighted by atomic mass is 16.5. The summed E-state index contributed by atoms with van der Waals surface area (Å²) in [5.41, 5.74) is 2.45. The molecule has 0 bridgehead atoms. The zero-order valence-corrected chi connectivity index (χ0v) is 19.8. The molecular formula is C26H34N2O5. The van der Waals surface area contributed by atoms with Crippen molar-refractivity contribution in [2.45, 2.75) is 40.0 Å². The molecule has 1 aromatic heterocycles. The number of aromatic nitrogens is 1. The number of nitrogens with zero attached hydrogens (tertiary/aromatic N) is 2. The van der Waals surface area contributed by atoms with E-state index in [1.54, 1.807) is 12.1 Å². The number of rotatable bonds is 10. The molecule has 7 nitrogen and oxygen atoms in total. The lowest BCUT2D eigenvalue weighted by atomic mass is 9.84. The summed E-state index contributed by atoms with van der Waals surface area (Å²) in [4.78, 5) is 29.3. The topological polar surface area (TPSA) is 89.0 Å². The van der Waals surface area contributed by atoms with Gasteiger partial charge >= 0.3 is 11.9 Å². The number of esters is 1. The van der Waals surface area contributed by atoms with Crippen LogP contribution in [0.3, 0.4) is 0 Å². The monoisotopic (exact) mass is 454 g/mol. The van der Waals surface area contributed by atoms with Crippen LogP contribution in [0, 0.1) is 18.8 Å². The van der Waals surface area contributed by atoms with Gasteiger partial charge in [0.1, 0.15) is 5.75 Å². The molecule has 1 aliphatic heterocycles. The molecule has 0 amide bonds. The molecule has 0 unspecified atom stereocenters. The lowest BCUT2D eigenvalue weighted by Gasteiger charge is -2.34. The van der Waals surface area contributed by atoms with Crippen LogP contribution < -0.4 is 4.74 Å². The fourth-order valence-corrected chi connectivity index (χ4v) is 4.49. The van der Waals surface area contributed by atoms with Crippen LogP contribution in [-0.2, 0) is 9.53 Å². The number of pyridine rings is 1. The highest BCUT2D eigenvalue weighted by molar-refractivity contribution is 5.94. The van der Waals surface area contributed by atoms with Gasteiger partial charge in [-0.3, -0.25) is 9.69 Å². The summed E-state index contributed by atoms with van der Waals surface area (Å²) in [6, 6.07) is 9.26. The fourth-order valence-electron chi connectivity index (χ4n) is 4.49. The van der Waals surface area contributed by atoms with Crippen LogP contribution in [0.1, 0.15) is 49.2 Å². The van der Waals surface area contributed by atoms with Crippen molar-refractivity contribution in [1.29, 1.82) is 0 Å². The van der Waals surface area contributed by atoms with Crippen LogP contribution in [0.4, 0.5) is 0 Å². The molecule has 1 aromatic carbocycles. The Morgan fingerprint density at radius 1 is 1.21 bits per heavy atom. The Balaban J connectivity index is 1.48. The second kappa shape index (κ2) is 11.8. The number of carboxylic acids is 1. The van der Waals surface area contributed by atoms with Crippen molar-refractivity contribution >= 4 is 11.9 Å². The molecule has 1 aliphatic rings. The van der Waals surface area contributed by atoms with Crippen molar-refractivity contribution in [2.75, 3.05) is 32.8 Å². The maximum atomic E-state index is 11.7. The highest BCUT2D eigenvalue weighted by Gasteiger charge is 2.25. The van der Waals surface area contributed by atoms with Gasteiger partial charge in [-0.15, -0.1) is 0 Å². The van der Waals surface area contributed by atoms with Crippen molar-refractivity contribution < 1.29 is 24.2 Å². The summed E-state index contributed by atoms with van der Waals surface area (Å²) < 4.78 is 11.1. The average Bonchev–Trinajstić information content (AvgIpc) is 2.80. The standard InChI is InChI=1S/C26H34N2O5/c1-4-32-24(29)17-28-13-9-20(10-14-28)18(2)11-15-33-21-7-8-22(19(3)16-21)23-6-5-12-27-25(23)26(30)31/h5-8,12,16,18,20H,4,9-11,13-15,17H2,1-3H3,(H,30,31)/t18-/m0/s1. The van der Waals surface area contributed by atoms with Gasteiger partial charge in [-0.2, -0.15) is 0 Å². The molecule has 1 saturated heterocycles. The molecule has 7 heteroatoms. The fraction of sp³-hybridized carbons (Fsp3) is 0.500. The Kier molecular flexibility index (Phi) is 8.83. The largest absolute Gasteiger partial charge is 0.494 e. The third kappa shape index (κ3) is 6.78. The predicted molar refractivity (Wildman–Crippen MR) is 126 cm³/mol. The highest BCUT2D eigenvalue weighted by Crippen LogP contribution is 2.30. The predicted octanol–water partition coefficient (Wildman–Crippen LogP) is 4.44. The average molecular weight is 455 g/mol. The molecular weight excluding hydrogens is 420 g/mol. The number of hydrogen-bond acceptors (Lipinski definition) is 6. The number of aryl methyl sites for hydroxylation is 1. The van der Waals surface area contributed by atoms with Crippen molar-refractivity contribution in [1.82, 2.24) is 9.88 Å². The minimum absolute atomic E-state index is 0.0522. The first-order chi connectivity index (χ1) is 15.9. The summed E-state index contributed by atoms with van der Waals surface area (Å²) in [7, 11) is 0. The Bertz CT molecular complexity index is 953. The quantitative estimate of drug-likeness (QED) is 0.531. The van der Waals surface area contributed by atoms with Gasteiger partial charge in [-0.25, -0.2) is 9.78 Å². The van der Waals surface area contributed by atoms with Crippen molar-refractivity contribution in [3.63, 3.8) is 0 Å². The van der Waals surface area contributed by atoms with Gasteiger partial charge in [0.2, 0.25) is 0 Å². The number of hydrogen-bond donors (Lipinski definition) is 1. The van der Waals surface area contributed by atoms with Gasteiger partial charge in [0.05, 0.1) is 19.8 Å². The first kappa shape index (κ1) is 24.7. The minimum Gasteiger partial charge on any atom is -0.494 e. The number of carboxylic acid groups (broad SMARTS) is 1. The van der Waals surface area contributed by atoms with E-state index in [1.807, 2.05) is 32.0 Å². The number of likely N-dealkylation sites (tertiary alicyclic amines) is 1. The zero-order valence-electron chi connectivity index (χ0n) is 19.8. The normalized spacial score (nSPS) is 15.7. The molecule has 2 aromatic rings. The number of carbonyl (C=O) groups excluding carboxylic acids is 1. The van der Waals surface area contributed by atoms with Gasteiger partial charge in [-0.1, -0.05) is 19.1 Å².